The molecule has 4 nitrogen and oxygen atoms in total. The number of nitrogens with one attached hydrogen (secondary N) is 1. The van der Waals surface area contributed by atoms with Gasteiger partial charge < -0.3 is 0 Å². The minimum atomic E-state index is -4.87. The Morgan fingerprint density at radius 1 is 1.12 bits per heavy atom. The summed E-state index contributed by atoms with van der Waals surface area (Å²) < 4.78 is 68.7. The van der Waals surface area contributed by atoms with Crippen molar-refractivity contribution in [3.05, 3.63) is 65.7 Å². The number of nitrogens with zero attached hydrogens (tertiary/aromatic N) is 3. The van der Waals surface area contributed by atoms with Gasteiger partial charge in [0, 0.05) is 30.7 Å². The molecular weight excluding hydrogens is 331 g/mol. The van der Waals surface area contributed by atoms with Gasteiger partial charge in [0.1, 0.15) is 17.7 Å². The largest absolute Gasteiger partial charge is 0.408 e. The summed E-state index contributed by atoms with van der Waals surface area (Å²) in [6.45, 7) is -0.332. The van der Waals surface area contributed by atoms with E-state index in [0.29, 0.717) is 5.78 Å². The van der Waals surface area contributed by atoms with Gasteiger partial charge in [-0.1, -0.05) is 6.07 Å². The highest BCUT2D eigenvalue weighted by Crippen LogP contribution is 2.35. The van der Waals surface area contributed by atoms with Crippen LogP contribution in [-0.4, -0.2) is 20.5 Å². The summed E-state index contributed by atoms with van der Waals surface area (Å²) in [5.74, 6) is -2.21. The number of alkyl halides is 3. The van der Waals surface area contributed by atoms with Gasteiger partial charge >= 0.3 is 6.18 Å². The van der Waals surface area contributed by atoms with Crippen molar-refractivity contribution >= 4 is 5.78 Å². The van der Waals surface area contributed by atoms with Gasteiger partial charge in [-0.2, -0.15) is 13.2 Å². The molecule has 3 rings (SSSR count). The van der Waals surface area contributed by atoms with E-state index >= 15 is 0 Å². The molecule has 0 fully saturated rings. The highest BCUT2D eigenvalue weighted by atomic mass is 19.4. The van der Waals surface area contributed by atoms with Crippen LogP contribution >= 0.6 is 0 Å². The first kappa shape index (κ1) is 16.3. The third kappa shape index (κ3) is 3.21. The molecule has 0 aliphatic rings. The van der Waals surface area contributed by atoms with Crippen LogP contribution in [0.5, 0.6) is 0 Å². The number of benzene rings is 1. The third-order valence-electron chi connectivity index (χ3n) is 3.39. The molecule has 2 aromatic heterocycles. The number of hydrogen-bond donors (Lipinski definition) is 1. The first-order valence-electron chi connectivity index (χ1n) is 6.89. The SMILES string of the molecule is Fc1cccc(F)c1[C@H](NCc1cn2cccnc2n1)C(F)(F)F. The summed E-state index contributed by atoms with van der Waals surface area (Å²) in [4.78, 5) is 7.99. The van der Waals surface area contributed by atoms with Crippen LogP contribution in [0.2, 0.25) is 0 Å². The molecule has 1 aromatic carbocycles. The van der Waals surface area contributed by atoms with E-state index < -0.39 is 29.4 Å². The Hall–Kier alpha value is -2.55. The normalized spacial score (nSPS) is 13.4. The summed E-state index contributed by atoms with van der Waals surface area (Å²) in [6.07, 6.45) is -0.260. The number of rotatable bonds is 4. The van der Waals surface area contributed by atoms with Crippen LogP contribution in [0, 0.1) is 11.6 Å². The quantitative estimate of drug-likeness (QED) is 0.739. The average Bonchev–Trinajstić information content (AvgIpc) is 2.91. The van der Waals surface area contributed by atoms with E-state index in [4.69, 9.17) is 0 Å². The van der Waals surface area contributed by atoms with E-state index in [0.717, 1.165) is 18.2 Å². The summed E-state index contributed by atoms with van der Waals surface area (Å²) in [5, 5.41) is 2.13. The number of halogens is 5. The Kier molecular flexibility index (Phi) is 4.18. The minimum absolute atomic E-state index is 0.264. The van der Waals surface area contributed by atoms with Crippen LogP contribution < -0.4 is 5.32 Å². The Bertz CT molecular complexity index is 805. The van der Waals surface area contributed by atoms with E-state index in [9.17, 15) is 22.0 Å². The maximum absolute atomic E-state index is 13.7. The van der Waals surface area contributed by atoms with Gasteiger partial charge in [0.15, 0.2) is 0 Å². The fraction of sp³-hybridized carbons (Fsp3) is 0.200. The Labute approximate surface area is 133 Å². The van der Waals surface area contributed by atoms with Crippen molar-refractivity contribution < 1.29 is 22.0 Å². The second-order valence-electron chi connectivity index (χ2n) is 5.05. The lowest BCUT2D eigenvalue weighted by Crippen LogP contribution is -2.35. The molecule has 9 heteroatoms. The average molecular weight is 342 g/mol. The van der Waals surface area contributed by atoms with Crippen LogP contribution in [-0.2, 0) is 6.54 Å². The van der Waals surface area contributed by atoms with Crippen LogP contribution in [0.3, 0.4) is 0 Å². The zero-order valence-electron chi connectivity index (χ0n) is 12.1. The van der Waals surface area contributed by atoms with Crippen LogP contribution in [0.4, 0.5) is 22.0 Å². The smallest absolute Gasteiger partial charge is 0.297 e. The van der Waals surface area contributed by atoms with Crippen molar-refractivity contribution in [2.75, 3.05) is 0 Å². The predicted molar refractivity (Wildman–Crippen MR) is 75.0 cm³/mol. The Balaban J connectivity index is 1.88. The molecule has 1 atom stereocenters. The molecule has 1 N–H and O–H groups in total. The van der Waals surface area contributed by atoms with Gasteiger partial charge in [0.25, 0.3) is 0 Å². The van der Waals surface area contributed by atoms with Gasteiger partial charge in [0.05, 0.1) is 5.69 Å². The summed E-state index contributed by atoms with van der Waals surface area (Å²) in [6, 6.07) is 1.73. The van der Waals surface area contributed by atoms with Crippen LogP contribution in [0.25, 0.3) is 5.78 Å². The summed E-state index contributed by atoms with van der Waals surface area (Å²) in [5.41, 5.74) is -0.799. The molecule has 0 aliphatic heterocycles. The van der Waals surface area contributed by atoms with Crippen molar-refractivity contribution in [3.8, 4) is 0 Å². The molecular formula is C15H11F5N4. The van der Waals surface area contributed by atoms with Gasteiger partial charge in [-0.05, 0) is 18.2 Å². The first-order chi connectivity index (χ1) is 11.4. The van der Waals surface area contributed by atoms with E-state index in [1.54, 1.807) is 12.3 Å². The number of imidazole rings is 1. The number of aromatic nitrogens is 3. The third-order valence-corrected chi connectivity index (χ3v) is 3.39. The van der Waals surface area contributed by atoms with Crippen molar-refractivity contribution in [2.45, 2.75) is 18.8 Å². The Morgan fingerprint density at radius 3 is 2.46 bits per heavy atom. The van der Waals surface area contributed by atoms with E-state index in [1.165, 1.54) is 16.8 Å². The molecule has 0 bridgehead atoms. The highest BCUT2D eigenvalue weighted by molar-refractivity contribution is 5.30. The molecule has 24 heavy (non-hydrogen) atoms. The van der Waals surface area contributed by atoms with Gasteiger partial charge in [0.2, 0.25) is 5.78 Å². The van der Waals surface area contributed by atoms with Gasteiger partial charge in [-0.3, -0.25) is 9.72 Å². The lowest BCUT2D eigenvalue weighted by Gasteiger charge is -2.22. The molecule has 3 aromatic rings. The lowest BCUT2D eigenvalue weighted by atomic mass is 10.0. The highest BCUT2D eigenvalue weighted by Gasteiger charge is 2.43. The Morgan fingerprint density at radius 2 is 1.83 bits per heavy atom. The first-order valence-corrected chi connectivity index (χ1v) is 6.89. The zero-order chi connectivity index (χ0) is 17.3. The molecule has 0 spiro atoms. The van der Waals surface area contributed by atoms with Crippen molar-refractivity contribution in [3.63, 3.8) is 0 Å². The molecule has 0 saturated heterocycles. The molecule has 0 radical (unpaired) electrons. The maximum atomic E-state index is 13.7. The van der Waals surface area contributed by atoms with Crippen molar-refractivity contribution in [2.24, 2.45) is 0 Å². The molecule has 0 aliphatic carbocycles. The maximum Gasteiger partial charge on any atom is 0.408 e. The molecule has 2 heterocycles. The molecule has 126 valence electrons. The minimum Gasteiger partial charge on any atom is -0.297 e. The molecule has 0 unspecified atom stereocenters. The number of fused-ring (bicyclic) bond motifs is 1. The van der Waals surface area contributed by atoms with Crippen molar-refractivity contribution in [1.29, 1.82) is 0 Å². The van der Waals surface area contributed by atoms with Crippen molar-refractivity contribution in [1.82, 2.24) is 19.7 Å². The standard InChI is InChI=1S/C15H11F5N4/c16-10-3-1-4-11(17)12(10)13(15(18,19)20)22-7-9-8-24-6-2-5-21-14(24)23-9/h1-6,8,13,22H,7H2/t13-/m0/s1. The zero-order valence-corrected chi connectivity index (χ0v) is 12.1. The second-order valence-corrected chi connectivity index (χ2v) is 5.05. The topological polar surface area (TPSA) is 42.2 Å². The number of hydrogen-bond acceptors (Lipinski definition) is 3. The summed E-state index contributed by atoms with van der Waals surface area (Å²) in [7, 11) is 0. The molecule has 0 amide bonds. The fourth-order valence-corrected chi connectivity index (χ4v) is 2.34. The lowest BCUT2D eigenvalue weighted by molar-refractivity contribution is -0.159. The second kappa shape index (κ2) is 6.16. The van der Waals surface area contributed by atoms with E-state index in [2.05, 4.69) is 15.3 Å². The van der Waals surface area contributed by atoms with E-state index in [1.807, 2.05) is 0 Å². The van der Waals surface area contributed by atoms with E-state index in [-0.39, 0.29) is 12.2 Å². The summed E-state index contributed by atoms with van der Waals surface area (Å²) >= 11 is 0. The fourth-order valence-electron chi connectivity index (χ4n) is 2.34. The van der Waals surface area contributed by atoms with Gasteiger partial charge in [-0.25, -0.2) is 18.7 Å². The van der Waals surface area contributed by atoms with Gasteiger partial charge in [-0.15, -0.1) is 0 Å². The molecule has 0 saturated carbocycles. The van der Waals surface area contributed by atoms with Crippen LogP contribution in [0.15, 0.2) is 42.9 Å². The predicted octanol–water partition coefficient (Wildman–Crippen LogP) is 3.40. The van der Waals surface area contributed by atoms with Crippen LogP contribution in [0.1, 0.15) is 17.3 Å². The monoisotopic (exact) mass is 342 g/mol.